The molecule has 17 heavy (non-hydrogen) atoms. The molecule has 96 valence electrons. The van der Waals surface area contributed by atoms with Gasteiger partial charge in [0.2, 0.25) is 0 Å². The van der Waals surface area contributed by atoms with E-state index in [0.717, 1.165) is 6.54 Å². The summed E-state index contributed by atoms with van der Waals surface area (Å²) in [6.07, 6.45) is 3.76. The van der Waals surface area contributed by atoms with Gasteiger partial charge in [0.15, 0.2) is 0 Å². The lowest BCUT2D eigenvalue weighted by molar-refractivity contribution is 0.462. The van der Waals surface area contributed by atoms with Gasteiger partial charge in [-0.1, -0.05) is 32.4 Å². The van der Waals surface area contributed by atoms with E-state index in [9.17, 15) is 0 Å². The molecule has 0 aliphatic rings. The molecule has 0 saturated heterocycles. The first-order valence-corrected chi connectivity index (χ1v) is 6.88. The second kappa shape index (κ2) is 6.80. The number of aryl methyl sites for hydroxylation is 3. The Morgan fingerprint density at radius 3 is 2.24 bits per heavy atom. The zero-order valence-electron chi connectivity index (χ0n) is 12.1. The van der Waals surface area contributed by atoms with Gasteiger partial charge in [-0.15, -0.1) is 0 Å². The van der Waals surface area contributed by atoms with E-state index >= 15 is 0 Å². The summed E-state index contributed by atoms with van der Waals surface area (Å²) in [6.45, 7) is 12.1. The maximum Gasteiger partial charge on any atom is 0.0210 e. The van der Waals surface area contributed by atoms with Crippen molar-refractivity contribution in [3.05, 3.63) is 34.4 Å². The molecule has 0 aliphatic heterocycles. The topological polar surface area (TPSA) is 12.0 Å². The summed E-state index contributed by atoms with van der Waals surface area (Å²) in [7, 11) is 0. The monoisotopic (exact) mass is 233 g/mol. The first kappa shape index (κ1) is 14.2. The summed E-state index contributed by atoms with van der Waals surface area (Å²) in [5.41, 5.74) is 5.65. The Bertz CT molecular complexity index is 355. The van der Waals surface area contributed by atoms with E-state index in [1.807, 2.05) is 0 Å². The molecule has 1 aromatic rings. The van der Waals surface area contributed by atoms with E-state index in [1.165, 1.54) is 41.5 Å². The van der Waals surface area contributed by atoms with Crippen molar-refractivity contribution < 1.29 is 0 Å². The first-order valence-electron chi connectivity index (χ1n) is 6.88. The highest BCUT2D eigenvalue weighted by atomic mass is 14.9. The third kappa shape index (κ3) is 4.16. The van der Waals surface area contributed by atoms with Crippen LogP contribution in [0, 0.1) is 20.8 Å². The fourth-order valence-electron chi connectivity index (χ4n) is 2.26. The van der Waals surface area contributed by atoms with E-state index in [4.69, 9.17) is 0 Å². The third-order valence-electron chi connectivity index (χ3n) is 3.66. The minimum absolute atomic E-state index is 0.668. The first-order chi connectivity index (χ1) is 8.08. The van der Waals surface area contributed by atoms with Gasteiger partial charge < -0.3 is 5.32 Å². The van der Waals surface area contributed by atoms with Gasteiger partial charge in [-0.05, 0) is 55.9 Å². The van der Waals surface area contributed by atoms with Crippen molar-refractivity contribution in [3.8, 4) is 0 Å². The average molecular weight is 233 g/mol. The SMILES string of the molecule is CCCC(CC)NCc1cc(C)c(C)cc1C. The van der Waals surface area contributed by atoms with Crippen LogP contribution in [0.3, 0.4) is 0 Å². The predicted octanol–water partition coefficient (Wildman–Crippen LogP) is 4.28. The van der Waals surface area contributed by atoms with E-state index in [-0.39, 0.29) is 0 Å². The summed E-state index contributed by atoms with van der Waals surface area (Å²) < 4.78 is 0. The number of hydrogen-bond acceptors (Lipinski definition) is 1. The van der Waals surface area contributed by atoms with Crippen molar-refractivity contribution in [1.29, 1.82) is 0 Å². The molecule has 0 bridgehead atoms. The average Bonchev–Trinajstić information content (AvgIpc) is 2.30. The molecule has 0 fully saturated rings. The van der Waals surface area contributed by atoms with Crippen molar-refractivity contribution in [3.63, 3.8) is 0 Å². The van der Waals surface area contributed by atoms with E-state index in [2.05, 4.69) is 52.1 Å². The van der Waals surface area contributed by atoms with Crippen LogP contribution in [0.4, 0.5) is 0 Å². The van der Waals surface area contributed by atoms with Crippen molar-refractivity contribution in [2.75, 3.05) is 0 Å². The third-order valence-corrected chi connectivity index (χ3v) is 3.66. The zero-order chi connectivity index (χ0) is 12.8. The van der Waals surface area contributed by atoms with Crippen LogP contribution in [0.2, 0.25) is 0 Å². The number of nitrogens with one attached hydrogen (secondary N) is 1. The lowest BCUT2D eigenvalue weighted by Crippen LogP contribution is -2.28. The molecule has 0 saturated carbocycles. The van der Waals surface area contributed by atoms with Gasteiger partial charge in [-0.3, -0.25) is 0 Å². The molecule has 1 rings (SSSR count). The highest BCUT2D eigenvalue weighted by molar-refractivity contribution is 5.36. The second-order valence-electron chi connectivity index (χ2n) is 5.14. The predicted molar refractivity (Wildman–Crippen MR) is 76.5 cm³/mol. The number of hydrogen-bond donors (Lipinski definition) is 1. The van der Waals surface area contributed by atoms with Crippen LogP contribution >= 0.6 is 0 Å². The highest BCUT2D eigenvalue weighted by Gasteiger charge is 2.06. The van der Waals surface area contributed by atoms with Gasteiger partial charge in [0.05, 0.1) is 0 Å². The van der Waals surface area contributed by atoms with Crippen molar-refractivity contribution in [1.82, 2.24) is 5.32 Å². The maximum atomic E-state index is 3.67. The summed E-state index contributed by atoms with van der Waals surface area (Å²) >= 11 is 0. The summed E-state index contributed by atoms with van der Waals surface area (Å²) in [5.74, 6) is 0. The van der Waals surface area contributed by atoms with Crippen LogP contribution in [-0.2, 0) is 6.54 Å². The molecule has 1 atom stereocenters. The Morgan fingerprint density at radius 1 is 1.00 bits per heavy atom. The lowest BCUT2D eigenvalue weighted by atomic mass is 10.0. The molecule has 1 aromatic carbocycles. The Hall–Kier alpha value is -0.820. The smallest absolute Gasteiger partial charge is 0.0210 e. The van der Waals surface area contributed by atoms with Crippen LogP contribution < -0.4 is 5.32 Å². The fraction of sp³-hybridized carbons (Fsp3) is 0.625. The lowest BCUT2D eigenvalue weighted by Gasteiger charge is -2.17. The van der Waals surface area contributed by atoms with E-state index in [1.54, 1.807) is 0 Å². The van der Waals surface area contributed by atoms with Crippen molar-refractivity contribution in [2.45, 2.75) is 66.5 Å². The second-order valence-corrected chi connectivity index (χ2v) is 5.14. The standard InChI is InChI=1S/C16H27N/c1-6-8-16(7-2)17-11-15-10-13(4)12(3)9-14(15)5/h9-10,16-17H,6-8,11H2,1-5H3. The normalized spacial score (nSPS) is 12.8. The molecule has 0 radical (unpaired) electrons. The van der Waals surface area contributed by atoms with Crippen LogP contribution in [-0.4, -0.2) is 6.04 Å². The number of rotatable bonds is 6. The summed E-state index contributed by atoms with van der Waals surface area (Å²) in [6, 6.07) is 5.30. The molecule has 1 N–H and O–H groups in total. The van der Waals surface area contributed by atoms with Gasteiger partial charge in [-0.2, -0.15) is 0 Å². The Morgan fingerprint density at radius 2 is 1.65 bits per heavy atom. The minimum atomic E-state index is 0.668. The van der Waals surface area contributed by atoms with E-state index < -0.39 is 0 Å². The van der Waals surface area contributed by atoms with E-state index in [0.29, 0.717) is 6.04 Å². The molecule has 1 unspecified atom stereocenters. The van der Waals surface area contributed by atoms with Crippen LogP contribution in [0.1, 0.15) is 55.4 Å². The molecule has 0 amide bonds. The van der Waals surface area contributed by atoms with Crippen molar-refractivity contribution in [2.24, 2.45) is 0 Å². The highest BCUT2D eigenvalue weighted by Crippen LogP contribution is 2.15. The van der Waals surface area contributed by atoms with Gasteiger partial charge in [0.25, 0.3) is 0 Å². The molecule has 1 heteroatoms. The van der Waals surface area contributed by atoms with Crippen molar-refractivity contribution >= 4 is 0 Å². The molecular weight excluding hydrogens is 206 g/mol. The Kier molecular flexibility index (Phi) is 5.70. The zero-order valence-corrected chi connectivity index (χ0v) is 12.1. The molecule has 0 heterocycles. The Labute approximate surface area is 107 Å². The fourth-order valence-corrected chi connectivity index (χ4v) is 2.26. The van der Waals surface area contributed by atoms with Gasteiger partial charge >= 0.3 is 0 Å². The van der Waals surface area contributed by atoms with Gasteiger partial charge in [-0.25, -0.2) is 0 Å². The molecular formula is C16H27N. The maximum absolute atomic E-state index is 3.67. The molecule has 1 nitrogen and oxygen atoms in total. The molecule has 0 aromatic heterocycles. The molecule has 0 aliphatic carbocycles. The van der Waals surface area contributed by atoms with Crippen LogP contribution in [0.25, 0.3) is 0 Å². The quantitative estimate of drug-likeness (QED) is 0.773. The van der Waals surface area contributed by atoms with Crippen LogP contribution in [0.15, 0.2) is 12.1 Å². The Balaban J connectivity index is 2.65. The summed E-state index contributed by atoms with van der Waals surface area (Å²) in [5, 5.41) is 3.67. The number of benzene rings is 1. The molecule has 0 spiro atoms. The van der Waals surface area contributed by atoms with Gasteiger partial charge in [0.1, 0.15) is 0 Å². The largest absolute Gasteiger partial charge is 0.310 e. The van der Waals surface area contributed by atoms with Gasteiger partial charge in [0, 0.05) is 12.6 Å². The van der Waals surface area contributed by atoms with Crippen LogP contribution in [0.5, 0.6) is 0 Å². The summed E-state index contributed by atoms with van der Waals surface area (Å²) in [4.78, 5) is 0. The minimum Gasteiger partial charge on any atom is -0.310 e.